The van der Waals surface area contributed by atoms with Gasteiger partial charge in [0, 0.05) is 6.04 Å². The van der Waals surface area contributed by atoms with Gasteiger partial charge in [0.15, 0.2) is 0 Å². The second-order valence-electron chi connectivity index (χ2n) is 5.90. The van der Waals surface area contributed by atoms with Gasteiger partial charge in [-0.05, 0) is 49.8 Å². The van der Waals surface area contributed by atoms with Crippen LogP contribution in [0.25, 0.3) is 0 Å². The highest BCUT2D eigenvalue weighted by molar-refractivity contribution is 5.88. The van der Waals surface area contributed by atoms with Crippen LogP contribution >= 0.6 is 0 Å². The van der Waals surface area contributed by atoms with E-state index in [-0.39, 0.29) is 11.7 Å². The van der Waals surface area contributed by atoms with Gasteiger partial charge in [-0.15, -0.1) is 0 Å². The van der Waals surface area contributed by atoms with Gasteiger partial charge in [0.05, 0.1) is 5.41 Å². The molecule has 1 amide bonds. The maximum Gasteiger partial charge on any atom is 0.230 e. The van der Waals surface area contributed by atoms with Crippen molar-refractivity contribution in [2.45, 2.75) is 56.4 Å². The molecule has 2 fully saturated rings. The highest BCUT2D eigenvalue weighted by Gasteiger charge is 2.43. The van der Waals surface area contributed by atoms with Gasteiger partial charge in [0.2, 0.25) is 5.91 Å². The van der Waals surface area contributed by atoms with Gasteiger partial charge >= 0.3 is 0 Å². The number of rotatable bonds is 3. The number of carbonyl (C=O) groups is 1. The minimum atomic E-state index is -0.488. The molecule has 0 bridgehead atoms. The van der Waals surface area contributed by atoms with Crippen molar-refractivity contribution in [1.82, 2.24) is 5.32 Å². The zero-order valence-corrected chi connectivity index (χ0v) is 11.1. The van der Waals surface area contributed by atoms with E-state index in [1.807, 2.05) is 6.07 Å². The Bertz CT molecular complexity index is 475. The minimum Gasteiger partial charge on any atom is -0.353 e. The van der Waals surface area contributed by atoms with Crippen molar-refractivity contribution in [3.63, 3.8) is 0 Å². The number of halogens is 1. The third-order valence-electron chi connectivity index (χ3n) is 4.71. The van der Waals surface area contributed by atoms with Gasteiger partial charge in [-0.2, -0.15) is 0 Å². The Morgan fingerprint density at radius 3 is 2.53 bits per heavy atom. The lowest BCUT2D eigenvalue weighted by atomic mass is 9.77. The molecule has 2 saturated carbocycles. The van der Waals surface area contributed by atoms with Crippen LogP contribution in [-0.2, 0) is 10.2 Å². The number of benzene rings is 1. The molecule has 3 heteroatoms. The van der Waals surface area contributed by atoms with Gasteiger partial charge in [-0.1, -0.05) is 25.0 Å². The summed E-state index contributed by atoms with van der Waals surface area (Å²) in [6.45, 7) is 0. The average Bonchev–Trinajstić information content (AvgIpc) is 2.84. The molecule has 0 radical (unpaired) electrons. The zero-order chi connectivity index (χ0) is 13.3. The molecule has 102 valence electrons. The number of amides is 1. The lowest BCUT2D eigenvalue weighted by Crippen LogP contribution is -2.49. The fraction of sp³-hybridized carbons (Fsp3) is 0.562. The summed E-state index contributed by atoms with van der Waals surface area (Å²) in [5, 5.41) is 3.16. The van der Waals surface area contributed by atoms with Crippen LogP contribution in [0.5, 0.6) is 0 Å². The first-order valence-corrected chi connectivity index (χ1v) is 7.28. The smallest absolute Gasteiger partial charge is 0.230 e. The molecule has 1 N–H and O–H groups in total. The van der Waals surface area contributed by atoms with Crippen molar-refractivity contribution in [2.75, 3.05) is 0 Å². The molecular weight excluding hydrogens is 241 g/mol. The fourth-order valence-electron chi connectivity index (χ4n) is 3.29. The van der Waals surface area contributed by atoms with Crippen LogP contribution in [0.1, 0.15) is 50.5 Å². The third kappa shape index (κ3) is 2.26. The van der Waals surface area contributed by atoms with Crippen molar-refractivity contribution in [3.05, 3.63) is 35.6 Å². The molecule has 2 nitrogen and oxygen atoms in total. The van der Waals surface area contributed by atoms with Crippen molar-refractivity contribution >= 4 is 5.91 Å². The quantitative estimate of drug-likeness (QED) is 0.888. The van der Waals surface area contributed by atoms with Gasteiger partial charge < -0.3 is 5.32 Å². The molecule has 1 aromatic rings. The first-order chi connectivity index (χ1) is 9.21. The number of hydrogen-bond donors (Lipinski definition) is 1. The number of nitrogens with one attached hydrogen (secondary N) is 1. The first kappa shape index (κ1) is 12.6. The Balaban J connectivity index is 1.87. The van der Waals surface area contributed by atoms with Gasteiger partial charge in [-0.3, -0.25) is 4.79 Å². The van der Waals surface area contributed by atoms with E-state index < -0.39 is 5.41 Å². The van der Waals surface area contributed by atoms with E-state index in [0.29, 0.717) is 6.04 Å². The normalized spacial score (nSPS) is 21.9. The summed E-state index contributed by atoms with van der Waals surface area (Å²) in [5.74, 6) is -0.138. The Hall–Kier alpha value is -1.38. The molecule has 0 aromatic heterocycles. The molecular formula is C16H20FNO. The van der Waals surface area contributed by atoms with Gasteiger partial charge in [0.1, 0.15) is 5.82 Å². The van der Waals surface area contributed by atoms with E-state index in [1.165, 1.54) is 18.6 Å². The van der Waals surface area contributed by atoms with Crippen LogP contribution in [0, 0.1) is 5.82 Å². The molecule has 0 saturated heterocycles. The highest BCUT2D eigenvalue weighted by Crippen LogP contribution is 2.42. The van der Waals surface area contributed by atoms with Crippen LogP contribution in [-0.4, -0.2) is 11.9 Å². The summed E-state index contributed by atoms with van der Waals surface area (Å²) in [6, 6.07) is 6.93. The van der Waals surface area contributed by atoms with Gasteiger partial charge in [0.25, 0.3) is 0 Å². The minimum absolute atomic E-state index is 0.111. The standard InChI is InChI=1S/C16H20FNO/c17-13-6-3-5-12(11-13)16(9-1-2-10-16)15(19)18-14-7-4-8-14/h3,5-6,11,14H,1-2,4,7-10H2,(H,18,19). The largest absolute Gasteiger partial charge is 0.353 e. The molecule has 2 aliphatic carbocycles. The SMILES string of the molecule is O=C(NC1CCC1)C1(c2cccc(F)c2)CCCC1. The van der Waals surface area contributed by atoms with E-state index in [2.05, 4.69) is 5.32 Å². The van der Waals surface area contributed by atoms with Crippen LogP contribution in [0.15, 0.2) is 24.3 Å². The highest BCUT2D eigenvalue weighted by atomic mass is 19.1. The van der Waals surface area contributed by atoms with Crippen molar-refractivity contribution in [3.8, 4) is 0 Å². The van der Waals surface area contributed by atoms with E-state index in [4.69, 9.17) is 0 Å². The Kier molecular flexibility index (Phi) is 3.29. The summed E-state index contributed by atoms with van der Waals surface area (Å²) in [4.78, 5) is 12.6. The van der Waals surface area contributed by atoms with Crippen molar-refractivity contribution in [1.29, 1.82) is 0 Å². The summed E-state index contributed by atoms with van der Waals surface area (Å²) in [7, 11) is 0. The van der Waals surface area contributed by atoms with E-state index in [0.717, 1.165) is 44.1 Å². The number of carbonyl (C=O) groups excluding carboxylic acids is 1. The Morgan fingerprint density at radius 2 is 1.95 bits per heavy atom. The molecule has 2 aliphatic rings. The molecule has 0 spiro atoms. The zero-order valence-electron chi connectivity index (χ0n) is 11.1. The van der Waals surface area contributed by atoms with Gasteiger partial charge in [-0.25, -0.2) is 4.39 Å². The summed E-state index contributed by atoms with van der Waals surface area (Å²) in [6.07, 6.45) is 7.17. The summed E-state index contributed by atoms with van der Waals surface area (Å²) < 4.78 is 13.5. The topological polar surface area (TPSA) is 29.1 Å². The Labute approximate surface area is 113 Å². The van der Waals surface area contributed by atoms with E-state index >= 15 is 0 Å². The second kappa shape index (κ2) is 4.95. The van der Waals surface area contributed by atoms with Crippen LogP contribution in [0.4, 0.5) is 4.39 Å². The molecule has 0 aliphatic heterocycles. The predicted octanol–water partition coefficient (Wildman–Crippen LogP) is 3.31. The van der Waals surface area contributed by atoms with E-state index in [9.17, 15) is 9.18 Å². The molecule has 1 aromatic carbocycles. The maximum atomic E-state index is 13.5. The molecule has 0 heterocycles. The monoisotopic (exact) mass is 261 g/mol. The lowest BCUT2D eigenvalue weighted by molar-refractivity contribution is -0.128. The van der Waals surface area contributed by atoms with Crippen LogP contribution < -0.4 is 5.32 Å². The predicted molar refractivity (Wildman–Crippen MR) is 72.3 cm³/mol. The molecule has 0 atom stereocenters. The average molecular weight is 261 g/mol. The van der Waals surface area contributed by atoms with E-state index in [1.54, 1.807) is 6.07 Å². The van der Waals surface area contributed by atoms with Crippen molar-refractivity contribution in [2.24, 2.45) is 0 Å². The van der Waals surface area contributed by atoms with Crippen LogP contribution in [0.3, 0.4) is 0 Å². The second-order valence-corrected chi connectivity index (χ2v) is 5.90. The third-order valence-corrected chi connectivity index (χ3v) is 4.71. The molecule has 19 heavy (non-hydrogen) atoms. The van der Waals surface area contributed by atoms with Crippen molar-refractivity contribution < 1.29 is 9.18 Å². The molecule has 0 unspecified atom stereocenters. The summed E-state index contributed by atoms with van der Waals surface area (Å²) in [5.41, 5.74) is 0.361. The fourth-order valence-corrected chi connectivity index (χ4v) is 3.29. The Morgan fingerprint density at radius 1 is 1.21 bits per heavy atom. The maximum absolute atomic E-state index is 13.5. The summed E-state index contributed by atoms with van der Waals surface area (Å²) >= 11 is 0. The lowest BCUT2D eigenvalue weighted by Gasteiger charge is -2.34. The van der Waals surface area contributed by atoms with Crippen LogP contribution in [0.2, 0.25) is 0 Å². The number of hydrogen-bond acceptors (Lipinski definition) is 1. The first-order valence-electron chi connectivity index (χ1n) is 7.28. The molecule has 3 rings (SSSR count).